The van der Waals surface area contributed by atoms with Gasteiger partial charge in [-0.05, 0) is 24.3 Å². The van der Waals surface area contributed by atoms with E-state index in [-0.39, 0.29) is 5.56 Å². The predicted octanol–water partition coefficient (Wildman–Crippen LogP) is 0.814. The number of rotatable bonds is 2. The van der Waals surface area contributed by atoms with Gasteiger partial charge in [0, 0.05) is 12.2 Å². The van der Waals surface area contributed by atoms with Gasteiger partial charge in [0.2, 0.25) is 0 Å². The van der Waals surface area contributed by atoms with E-state index in [1.165, 1.54) is 36.4 Å². The lowest BCUT2D eigenvalue weighted by molar-refractivity contribution is -0.119. The number of benzene rings is 1. The van der Waals surface area contributed by atoms with Gasteiger partial charge in [-0.25, -0.2) is 9.69 Å². The Balaban J connectivity index is 2.32. The van der Waals surface area contributed by atoms with Crippen molar-refractivity contribution in [2.45, 2.75) is 0 Å². The molecule has 0 saturated carbocycles. The monoisotopic (exact) mass is 217 g/mol. The second kappa shape index (κ2) is 3.62. The van der Waals surface area contributed by atoms with Crippen LogP contribution in [-0.4, -0.2) is 22.9 Å². The van der Waals surface area contributed by atoms with Crippen molar-refractivity contribution in [3.8, 4) is 0 Å². The van der Waals surface area contributed by atoms with Gasteiger partial charge in [0.15, 0.2) is 0 Å². The minimum Gasteiger partial charge on any atom is -0.478 e. The number of carboxylic acid groups (broad SMARTS) is 1. The summed E-state index contributed by atoms with van der Waals surface area (Å²) in [6, 6.07) is 5.53. The Hall–Kier alpha value is -2.43. The van der Waals surface area contributed by atoms with Gasteiger partial charge in [-0.2, -0.15) is 0 Å². The molecular formula is C11H7NO4. The topological polar surface area (TPSA) is 74.7 Å². The predicted molar refractivity (Wildman–Crippen MR) is 55.0 cm³/mol. The smallest absolute Gasteiger partial charge is 0.335 e. The Morgan fingerprint density at radius 3 is 1.94 bits per heavy atom. The quantitative estimate of drug-likeness (QED) is 0.744. The molecule has 0 unspecified atom stereocenters. The van der Waals surface area contributed by atoms with E-state index in [1.54, 1.807) is 0 Å². The van der Waals surface area contributed by atoms with E-state index in [2.05, 4.69) is 0 Å². The maximum absolute atomic E-state index is 11.3. The number of amides is 2. The highest BCUT2D eigenvalue weighted by atomic mass is 16.4. The van der Waals surface area contributed by atoms with Crippen LogP contribution in [0.1, 0.15) is 10.4 Å². The molecule has 2 rings (SSSR count). The van der Waals surface area contributed by atoms with Gasteiger partial charge in [0.1, 0.15) is 0 Å². The lowest BCUT2D eigenvalue weighted by Crippen LogP contribution is -2.29. The minimum absolute atomic E-state index is 0.107. The molecule has 1 heterocycles. The highest BCUT2D eigenvalue weighted by Crippen LogP contribution is 2.19. The van der Waals surface area contributed by atoms with Crippen LogP contribution in [0, 0.1) is 0 Å². The molecule has 1 aromatic rings. The van der Waals surface area contributed by atoms with Crippen LogP contribution in [-0.2, 0) is 9.59 Å². The fraction of sp³-hybridized carbons (Fsp3) is 0. The van der Waals surface area contributed by atoms with Crippen molar-refractivity contribution >= 4 is 23.5 Å². The van der Waals surface area contributed by atoms with Crippen LogP contribution in [0.15, 0.2) is 36.4 Å². The Morgan fingerprint density at radius 1 is 1.00 bits per heavy atom. The Bertz CT molecular complexity index is 483. The summed E-state index contributed by atoms with van der Waals surface area (Å²) < 4.78 is 0. The number of carboxylic acids is 1. The van der Waals surface area contributed by atoms with Crippen molar-refractivity contribution in [1.29, 1.82) is 0 Å². The average Bonchev–Trinajstić information content (AvgIpc) is 2.59. The Morgan fingerprint density at radius 2 is 1.50 bits per heavy atom. The fourth-order valence-corrected chi connectivity index (χ4v) is 1.41. The Labute approximate surface area is 90.6 Å². The largest absolute Gasteiger partial charge is 0.478 e. The first kappa shape index (κ1) is 10.1. The first-order valence-corrected chi connectivity index (χ1v) is 4.49. The van der Waals surface area contributed by atoms with Gasteiger partial charge >= 0.3 is 5.97 Å². The Kier molecular flexibility index (Phi) is 2.28. The van der Waals surface area contributed by atoms with E-state index in [1.807, 2.05) is 0 Å². The molecule has 0 atom stereocenters. The molecular weight excluding hydrogens is 210 g/mol. The molecule has 1 N–H and O–H groups in total. The number of carbonyl (C=O) groups excluding carboxylic acids is 2. The van der Waals surface area contributed by atoms with Gasteiger partial charge in [-0.3, -0.25) is 9.59 Å². The van der Waals surface area contributed by atoms with Gasteiger partial charge < -0.3 is 5.11 Å². The van der Waals surface area contributed by atoms with Gasteiger partial charge in [-0.1, -0.05) is 0 Å². The summed E-state index contributed by atoms with van der Waals surface area (Å²) in [6.07, 6.45) is 2.35. The number of aromatic carboxylic acids is 1. The standard InChI is InChI=1S/C11H7NO4/c13-9-5-6-10(14)12(9)8-3-1-7(2-4-8)11(15)16/h1-6H,(H,15,16). The van der Waals surface area contributed by atoms with Crippen molar-refractivity contribution in [1.82, 2.24) is 0 Å². The van der Waals surface area contributed by atoms with Crippen LogP contribution >= 0.6 is 0 Å². The van der Waals surface area contributed by atoms with Crippen LogP contribution in [0.3, 0.4) is 0 Å². The number of imide groups is 1. The van der Waals surface area contributed by atoms with Crippen LogP contribution < -0.4 is 4.90 Å². The molecule has 16 heavy (non-hydrogen) atoms. The number of anilines is 1. The zero-order valence-electron chi connectivity index (χ0n) is 8.08. The minimum atomic E-state index is -1.05. The molecule has 1 aliphatic heterocycles. The second-order valence-corrected chi connectivity index (χ2v) is 3.20. The van der Waals surface area contributed by atoms with E-state index in [0.29, 0.717) is 5.69 Å². The highest BCUT2D eigenvalue weighted by Gasteiger charge is 2.24. The van der Waals surface area contributed by atoms with Gasteiger partial charge in [0.05, 0.1) is 11.3 Å². The highest BCUT2D eigenvalue weighted by molar-refractivity contribution is 6.28. The normalized spacial score (nSPS) is 14.6. The van der Waals surface area contributed by atoms with Crippen LogP contribution in [0.4, 0.5) is 5.69 Å². The third-order valence-corrected chi connectivity index (χ3v) is 2.18. The average molecular weight is 217 g/mol. The molecule has 0 aliphatic carbocycles. The molecule has 0 bridgehead atoms. The summed E-state index contributed by atoms with van der Waals surface area (Å²) >= 11 is 0. The van der Waals surface area contributed by atoms with Crippen molar-refractivity contribution < 1.29 is 19.5 Å². The maximum atomic E-state index is 11.3. The lowest BCUT2D eigenvalue weighted by atomic mass is 10.2. The summed E-state index contributed by atoms with van der Waals surface area (Å²) in [5.41, 5.74) is 0.473. The van der Waals surface area contributed by atoms with E-state index in [0.717, 1.165) is 4.90 Å². The molecule has 0 aromatic heterocycles. The molecule has 2 amide bonds. The molecule has 0 saturated heterocycles. The second-order valence-electron chi connectivity index (χ2n) is 3.20. The van der Waals surface area contributed by atoms with Crippen LogP contribution in [0.5, 0.6) is 0 Å². The third kappa shape index (κ3) is 1.58. The van der Waals surface area contributed by atoms with E-state index < -0.39 is 17.8 Å². The van der Waals surface area contributed by atoms with Crippen molar-refractivity contribution in [2.24, 2.45) is 0 Å². The number of carbonyl (C=O) groups is 3. The summed E-state index contributed by atoms with van der Waals surface area (Å²) in [6.45, 7) is 0. The molecule has 1 aliphatic rings. The molecule has 5 nitrogen and oxygen atoms in total. The summed E-state index contributed by atoms with van der Waals surface area (Å²) in [7, 11) is 0. The van der Waals surface area contributed by atoms with Crippen molar-refractivity contribution in [2.75, 3.05) is 4.90 Å². The molecule has 5 heteroatoms. The zero-order chi connectivity index (χ0) is 11.7. The van der Waals surface area contributed by atoms with Crippen LogP contribution in [0.2, 0.25) is 0 Å². The van der Waals surface area contributed by atoms with Gasteiger partial charge in [-0.15, -0.1) is 0 Å². The number of hydrogen-bond acceptors (Lipinski definition) is 3. The van der Waals surface area contributed by atoms with E-state index in [9.17, 15) is 14.4 Å². The summed E-state index contributed by atoms with van der Waals surface area (Å²) in [5.74, 6) is -1.90. The summed E-state index contributed by atoms with van der Waals surface area (Å²) in [5, 5.41) is 8.69. The van der Waals surface area contributed by atoms with Gasteiger partial charge in [0.25, 0.3) is 11.8 Å². The molecule has 80 valence electrons. The number of nitrogens with zero attached hydrogens (tertiary/aromatic N) is 1. The molecule has 0 radical (unpaired) electrons. The maximum Gasteiger partial charge on any atom is 0.335 e. The lowest BCUT2D eigenvalue weighted by Gasteiger charge is -2.13. The van der Waals surface area contributed by atoms with Crippen molar-refractivity contribution in [3.63, 3.8) is 0 Å². The van der Waals surface area contributed by atoms with Crippen molar-refractivity contribution in [3.05, 3.63) is 42.0 Å². The molecule has 0 spiro atoms. The summed E-state index contributed by atoms with van der Waals surface area (Å²) in [4.78, 5) is 34.2. The number of hydrogen-bond donors (Lipinski definition) is 1. The fourth-order valence-electron chi connectivity index (χ4n) is 1.41. The van der Waals surface area contributed by atoms with Crippen LogP contribution in [0.25, 0.3) is 0 Å². The first-order valence-electron chi connectivity index (χ1n) is 4.49. The van der Waals surface area contributed by atoms with E-state index >= 15 is 0 Å². The SMILES string of the molecule is O=C(O)c1ccc(N2C(=O)C=CC2=O)cc1. The zero-order valence-corrected chi connectivity index (χ0v) is 8.08. The first-order chi connectivity index (χ1) is 7.59. The molecule has 1 aromatic carbocycles. The van der Waals surface area contributed by atoms with E-state index in [4.69, 9.17) is 5.11 Å². The third-order valence-electron chi connectivity index (χ3n) is 2.18. The molecule has 0 fully saturated rings.